The number of aromatic nitrogens is 4. The molecule has 0 aliphatic carbocycles. The molecule has 8 aromatic carbocycles. The predicted octanol–water partition coefficient (Wildman–Crippen LogP) is 13.1. The van der Waals surface area contributed by atoms with Gasteiger partial charge in [-0.05, 0) is 77.9 Å². The normalized spacial score (nSPS) is 11.2. The molecule has 10 aromatic rings. The van der Waals surface area contributed by atoms with Crippen LogP contribution in [-0.2, 0) is 0 Å². The summed E-state index contributed by atoms with van der Waals surface area (Å²) in [5, 5.41) is 2.40. The zero-order valence-corrected chi connectivity index (χ0v) is 30.4. The predicted molar refractivity (Wildman–Crippen MR) is 231 cm³/mol. The summed E-state index contributed by atoms with van der Waals surface area (Å²) in [7, 11) is 0. The minimum Gasteiger partial charge on any atom is -0.310 e. The molecule has 10 rings (SSSR count). The molecule has 0 saturated carbocycles. The number of hydrogen-bond acceptors (Lipinski definition) is 4. The van der Waals surface area contributed by atoms with Crippen molar-refractivity contribution in [2.24, 2.45) is 0 Å². The van der Waals surface area contributed by atoms with Crippen LogP contribution >= 0.6 is 0 Å². The first-order chi connectivity index (χ1) is 27.8. The molecule has 0 bridgehead atoms. The van der Waals surface area contributed by atoms with Gasteiger partial charge in [-0.2, -0.15) is 0 Å². The molecule has 264 valence electrons. The molecular formula is C51H35N5. The number of rotatable bonds is 8. The molecule has 0 spiro atoms. The Morgan fingerprint density at radius 2 is 0.768 bits per heavy atom. The van der Waals surface area contributed by atoms with Crippen molar-refractivity contribution in [3.8, 4) is 51.0 Å². The van der Waals surface area contributed by atoms with Gasteiger partial charge in [0.15, 0.2) is 17.5 Å². The molecule has 56 heavy (non-hydrogen) atoms. The van der Waals surface area contributed by atoms with E-state index in [1.54, 1.807) is 0 Å². The molecule has 0 aliphatic rings. The van der Waals surface area contributed by atoms with E-state index in [4.69, 9.17) is 15.0 Å². The highest BCUT2D eigenvalue weighted by Crippen LogP contribution is 2.40. The van der Waals surface area contributed by atoms with Crippen molar-refractivity contribution in [3.63, 3.8) is 0 Å². The van der Waals surface area contributed by atoms with Gasteiger partial charge in [-0.15, -0.1) is 0 Å². The van der Waals surface area contributed by atoms with E-state index < -0.39 is 0 Å². The number of para-hydroxylation sites is 3. The van der Waals surface area contributed by atoms with Gasteiger partial charge in [0.25, 0.3) is 0 Å². The van der Waals surface area contributed by atoms with E-state index in [-0.39, 0.29) is 0 Å². The largest absolute Gasteiger partial charge is 0.310 e. The van der Waals surface area contributed by atoms with Crippen molar-refractivity contribution in [1.82, 2.24) is 19.5 Å². The maximum absolute atomic E-state index is 4.99. The number of fused-ring (bicyclic) bond motifs is 3. The van der Waals surface area contributed by atoms with Gasteiger partial charge in [-0.1, -0.05) is 146 Å². The Morgan fingerprint density at radius 3 is 1.39 bits per heavy atom. The molecule has 0 fully saturated rings. The lowest BCUT2D eigenvalue weighted by Gasteiger charge is -2.25. The van der Waals surface area contributed by atoms with Gasteiger partial charge in [0.1, 0.15) is 0 Å². The van der Waals surface area contributed by atoms with Crippen LogP contribution in [0.25, 0.3) is 72.8 Å². The van der Waals surface area contributed by atoms with E-state index in [9.17, 15) is 0 Å². The van der Waals surface area contributed by atoms with Crippen LogP contribution in [0.3, 0.4) is 0 Å². The monoisotopic (exact) mass is 717 g/mol. The fraction of sp³-hybridized carbons (Fsp3) is 0. The van der Waals surface area contributed by atoms with Gasteiger partial charge < -0.3 is 9.47 Å². The lowest BCUT2D eigenvalue weighted by Crippen LogP contribution is -2.09. The number of benzene rings is 8. The quantitative estimate of drug-likeness (QED) is 0.157. The van der Waals surface area contributed by atoms with Gasteiger partial charge in [-0.3, -0.25) is 0 Å². The third-order valence-corrected chi connectivity index (χ3v) is 10.2. The fourth-order valence-corrected chi connectivity index (χ4v) is 7.58. The lowest BCUT2D eigenvalue weighted by atomic mass is 10.0. The minimum atomic E-state index is 0.633. The zero-order chi connectivity index (χ0) is 37.3. The molecule has 5 nitrogen and oxygen atoms in total. The first-order valence-corrected chi connectivity index (χ1v) is 18.8. The highest BCUT2D eigenvalue weighted by Gasteiger charge is 2.18. The Labute approximate surface area is 325 Å². The molecule has 0 saturated heterocycles. The van der Waals surface area contributed by atoms with Crippen LogP contribution in [0, 0.1) is 0 Å². The summed E-state index contributed by atoms with van der Waals surface area (Å²) in [6, 6.07) is 74.1. The highest BCUT2D eigenvalue weighted by molar-refractivity contribution is 6.10. The zero-order valence-electron chi connectivity index (χ0n) is 30.4. The smallest absolute Gasteiger partial charge is 0.164 e. The van der Waals surface area contributed by atoms with Crippen molar-refractivity contribution in [3.05, 3.63) is 212 Å². The van der Waals surface area contributed by atoms with Crippen LogP contribution in [0.5, 0.6) is 0 Å². The molecule has 0 atom stereocenters. The summed E-state index contributed by atoms with van der Waals surface area (Å²) in [6.07, 6.45) is 0. The number of hydrogen-bond donors (Lipinski definition) is 0. The van der Waals surface area contributed by atoms with Crippen molar-refractivity contribution in [1.29, 1.82) is 0 Å². The molecule has 0 radical (unpaired) electrons. The second-order valence-electron chi connectivity index (χ2n) is 13.7. The first-order valence-electron chi connectivity index (χ1n) is 18.8. The molecule has 0 amide bonds. The topological polar surface area (TPSA) is 46.8 Å². The summed E-state index contributed by atoms with van der Waals surface area (Å²) >= 11 is 0. The highest BCUT2D eigenvalue weighted by atomic mass is 15.1. The van der Waals surface area contributed by atoms with E-state index >= 15 is 0 Å². The molecule has 2 aromatic heterocycles. The average Bonchev–Trinajstić information content (AvgIpc) is 3.61. The van der Waals surface area contributed by atoms with Crippen LogP contribution in [0.2, 0.25) is 0 Å². The van der Waals surface area contributed by atoms with Gasteiger partial charge in [0, 0.05) is 50.2 Å². The summed E-state index contributed by atoms with van der Waals surface area (Å²) in [5.74, 6) is 1.92. The Bertz CT molecular complexity index is 2860. The standard InChI is InChI=1S/C51H35N5/c1-5-17-36(18-6-1)49-52-50(37-19-7-2-8-20-37)54-51(53-49)40-23-15-21-38(33-40)39-22-16-28-43(34-39)56-47-30-14-13-29-45(47)46-35-44(31-32-48(46)56)55(41-24-9-3-10-25-41)42-26-11-4-12-27-42/h1-35H. The maximum atomic E-state index is 4.99. The third kappa shape index (κ3) is 6.17. The van der Waals surface area contributed by atoms with Crippen LogP contribution in [-0.4, -0.2) is 19.5 Å². The SMILES string of the molecule is c1ccc(-c2nc(-c3ccccc3)nc(-c3cccc(-c4cccc(-n5c6ccccc6c6cc(N(c7ccccc7)c7ccccc7)ccc65)c4)c3)n2)cc1. The Morgan fingerprint density at radius 1 is 0.304 bits per heavy atom. The van der Waals surface area contributed by atoms with E-state index in [0.29, 0.717) is 17.5 Å². The molecule has 2 heterocycles. The Balaban J connectivity index is 1.07. The lowest BCUT2D eigenvalue weighted by molar-refractivity contribution is 1.07. The van der Waals surface area contributed by atoms with Gasteiger partial charge >= 0.3 is 0 Å². The molecule has 5 heteroatoms. The average molecular weight is 718 g/mol. The fourth-order valence-electron chi connectivity index (χ4n) is 7.58. The number of nitrogens with zero attached hydrogens (tertiary/aromatic N) is 5. The summed E-state index contributed by atoms with van der Waals surface area (Å²) in [5.41, 5.74) is 11.7. The van der Waals surface area contributed by atoms with Gasteiger partial charge in [-0.25, -0.2) is 15.0 Å². The van der Waals surface area contributed by atoms with Crippen molar-refractivity contribution >= 4 is 38.9 Å². The molecular weight excluding hydrogens is 683 g/mol. The van der Waals surface area contributed by atoms with Crippen LogP contribution in [0.1, 0.15) is 0 Å². The summed E-state index contributed by atoms with van der Waals surface area (Å²) < 4.78 is 2.38. The first kappa shape index (κ1) is 33.0. The Hall–Kier alpha value is -7.63. The maximum Gasteiger partial charge on any atom is 0.164 e. The van der Waals surface area contributed by atoms with Crippen molar-refractivity contribution in [2.75, 3.05) is 4.90 Å². The van der Waals surface area contributed by atoms with Gasteiger partial charge in [0.2, 0.25) is 0 Å². The summed E-state index contributed by atoms with van der Waals surface area (Å²) in [4.78, 5) is 17.2. The van der Waals surface area contributed by atoms with Crippen LogP contribution in [0.15, 0.2) is 212 Å². The van der Waals surface area contributed by atoms with Crippen LogP contribution in [0.4, 0.5) is 17.1 Å². The third-order valence-electron chi connectivity index (χ3n) is 10.2. The second-order valence-corrected chi connectivity index (χ2v) is 13.7. The second kappa shape index (κ2) is 14.3. The van der Waals surface area contributed by atoms with E-state index in [1.165, 1.54) is 10.8 Å². The number of anilines is 3. The summed E-state index contributed by atoms with van der Waals surface area (Å²) in [6.45, 7) is 0. The van der Waals surface area contributed by atoms with Crippen LogP contribution < -0.4 is 4.90 Å². The van der Waals surface area contributed by atoms with E-state index in [0.717, 1.165) is 61.6 Å². The Kier molecular flexibility index (Phi) is 8.43. The van der Waals surface area contributed by atoms with Crippen molar-refractivity contribution < 1.29 is 0 Å². The van der Waals surface area contributed by atoms with Gasteiger partial charge in [0.05, 0.1) is 11.0 Å². The molecule has 0 N–H and O–H groups in total. The van der Waals surface area contributed by atoms with E-state index in [1.807, 2.05) is 60.7 Å². The minimum absolute atomic E-state index is 0.633. The molecule has 0 aliphatic heterocycles. The van der Waals surface area contributed by atoms with E-state index in [2.05, 4.69) is 161 Å². The molecule has 0 unspecified atom stereocenters. The van der Waals surface area contributed by atoms with Crippen molar-refractivity contribution in [2.45, 2.75) is 0 Å².